The highest BCUT2D eigenvalue weighted by Gasteiger charge is 2.37. The minimum absolute atomic E-state index is 0.164. The summed E-state index contributed by atoms with van der Waals surface area (Å²) in [6.45, 7) is 4.36. The second kappa shape index (κ2) is 8.53. The SMILES string of the molecule is OC(CN1CCC2(CC1)CNCN2)CN1c2ccccc2Sc2ccc(C(F)(F)F)cc21. The number of rotatable bonds is 4. The van der Waals surface area contributed by atoms with Gasteiger partial charge in [0.1, 0.15) is 0 Å². The number of likely N-dealkylation sites (tertiary alicyclic amines) is 1. The number of aliphatic hydroxyl groups is 1. The fraction of sp³-hybridized carbons (Fsp3) is 0.478. The van der Waals surface area contributed by atoms with Gasteiger partial charge < -0.3 is 20.2 Å². The highest BCUT2D eigenvalue weighted by Crippen LogP contribution is 2.49. The summed E-state index contributed by atoms with van der Waals surface area (Å²) >= 11 is 1.47. The van der Waals surface area contributed by atoms with Gasteiger partial charge in [0.2, 0.25) is 0 Å². The Hall–Kier alpha value is -1.78. The number of hydrogen-bond donors (Lipinski definition) is 3. The van der Waals surface area contributed by atoms with Crippen LogP contribution >= 0.6 is 11.8 Å². The lowest BCUT2D eigenvalue weighted by molar-refractivity contribution is -0.137. The van der Waals surface area contributed by atoms with Crippen molar-refractivity contribution in [2.24, 2.45) is 0 Å². The van der Waals surface area contributed by atoms with Crippen molar-refractivity contribution in [2.45, 2.75) is 40.5 Å². The van der Waals surface area contributed by atoms with Crippen LogP contribution in [0.25, 0.3) is 0 Å². The number of β-amino-alcohol motifs (C(OH)–C–C–N with tert-alkyl or cyclic N) is 1. The van der Waals surface area contributed by atoms with Crippen molar-refractivity contribution in [3.05, 3.63) is 48.0 Å². The summed E-state index contributed by atoms with van der Waals surface area (Å²) in [6, 6.07) is 11.5. The van der Waals surface area contributed by atoms with E-state index in [2.05, 4.69) is 15.5 Å². The van der Waals surface area contributed by atoms with Crippen LogP contribution in [0.15, 0.2) is 52.3 Å². The topological polar surface area (TPSA) is 50.8 Å². The quantitative estimate of drug-likeness (QED) is 0.642. The van der Waals surface area contributed by atoms with Gasteiger partial charge in [0.25, 0.3) is 0 Å². The lowest BCUT2D eigenvalue weighted by atomic mass is 9.88. The number of alkyl halides is 3. The monoisotopic (exact) mass is 464 g/mol. The molecule has 0 aromatic heterocycles. The summed E-state index contributed by atoms with van der Waals surface area (Å²) in [5, 5.41) is 17.9. The number of nitrogens with one attached hydrogen (secondary N) is 2. The fourth-order valence-electron chi connectivity index (χ4n) is 4.90. The molecule has 3 aliphatic heterocycles. The average molecular weight is 465 g/mol. The zero-order valence-corrected chi connectivity index (χ0v) is 18.5. The fourth-order valence-corrected chi connectivity index (χ4v) is 5.98. The highest BCUT2D eigenvalue weighted by atomic mass is 32.2. The van der Waals surface area contributed by atoms with Crippen molar-refractivity contribution in [3.63, 3.8) is 0 Å². The second-order valence-electron chi connectivity index (χ2n) is 8.88. The summed E-state index contributed by atoms with van der Waals surface area (Å²) in [4.78, 5) is 5.85. The summed E-state index contributed by atoms with van der Waals surface area (Å²) < 4.78 is 40.2. The summed E-state index contributed by atoms with van der Waals surface area (Å²) in [7, 11) is 0. The third kappa shape index (κ3) is 4.36. The molecule has 32 heavy (non-hydrogen) atoms. The molecule has 0 radical (unpaired) electrons. The Labute approximate surface area is 190 Å². The number of para-hydroxylation sites is 1. The third-order valence-electron chi connectivity index (χ3n) is 6.68. The minimum Gasteiger partial charge on any atom is -0.390 e. The molecule has 2 fully saturated rings. The van der Waals surface area contributed by atoms with E-state index in [1.165, 1.54) is 23.9 Å². The maximum Gasteiger partial charge on any atom is 0.416 e. The minimum atomic E-state index is -4.41. The Morgan fingerprint density at radius 1 is 1.03 bits per heavy atom. The Bertz CT molecular complexity index is 970. The van der Waals surface area contributed by atoms with Gasteiger partial charge in [-0.25, -0.2) is 0 Å². The van der Waals surface area contributed by atoms with Crippen LogP contribution < -0.4 is 15.5 Å². The van der Waals surface area contributed by atoms with Crippen LogP contribution in [0.5, 0.6) is 0 Å². The molecule has 3 N–H and O–H groups in total. The van der Waals surface area contributed by atoms with E-state index in [1.54, 1.807) is 0 Å². The molecule has 0 amide bonds. The van der Waals surface area contributed by atoms with Crippen molar-refractivity contribution >= 4 is 23.1 Å². The molecule has 5 nitrogen and oxygen atoms in total. The van der Waals surface area contributed by atoms with Crippen LogP contribution in [-0.4, -0.2) is 61.0 Å². The van der Waals surface area contributed by atoms with Gasteiger partial charge >= 0.3 is 6.18 Å². The number of nitrogens with zero attached hydrogens (tertiary/aromatic N) is 2. The van der Waals surface area contributed by atoms with E-state index in [9.17, 15) is 18.3 Å². The van der Waals surface area contributed by atoms with Crippen LogP contribution in [0, 0.1) is 0 Å². The zero-order chi connectivity index (χ0) is 22.3. The van der Waals surface area contributed by atoms with Crippen molar-refractivity contribution in [2.75, 3.05) is 44.3 Å². The van der Waals surface area contributed by atoms with Crippen molar-refractivity contribution in [3.8, 4) is 0 Å². The highest BCUT2D eigenvalue weighted by molar-refractivity contribution is 7.99. The zero-order valence-electron chi connectivity index (χ0n) is 17.7. The lowest BCUT2D eigenvalue weighted by Crippen LogP contribution is -2.53. The van der Waals surface area contributed by atoms with Gasteiger partial charge in [-0.2, -0.15) is 13.2 Å². The molecule has 5 rings (SSSR count). The third-order valence-corrected chi connectivity index (χ3v) is 7.81. The summed E-state index contributed by atoms with van der Waals surface area (Å²) in [5.74, 6) is 0. The van der Waals surface area contributed by atoms with Crippen LogP contribution in [0.3, 0.4) is 0 Å². The number of benzene rings is 2. The Kier molecular flexibility index (Phi) is 5.88. The van der Waals surface area contributed by atoms with Crippen molar-refractivity contribution in [1.29, 1.82) is 0 Å². The number of hydrogen-bond acceptors (Lipinski definition) is 6. The molecule has 0 bridgehead atoms. The van der Waals surface area contributed by atoms with E-state index in [4.69, 9.17) is 0 Å². The van der Waals surface area contributed by atoms with Gasteiger partial charge in [-0.15, -0.1) is 0 Å². The molecular formula is C23H27F3N4OS. The molecule has 172 valence electrons. The first-order valence-corrected chi connectivity index (χ1v) is 11.8. The second-order valence-corrected chi connectivity index (χ2v) is 9.96. The maximum atomic E-state index is 13.4. The van der Waals surface area contributed by atoms with E-state index in [1.807, 2.05) is 29.2 Å². The smallest absolute Gasteiger partial charge is 0.390 e. The molecule has 2 aromatic rings. The standard InChI is InChI=1S/C23H27F3N4OS/c24-23(25,26)16-5-6-21-19(11-16)30(18-3-1-2-4-20(18)32-21)13-17(31)12-29-9-7-22(8-10-29)14-27-15-28-22/h1-6,11,17,27-28,31H,7-10,12-15H2. The first-order valence-electron chi connectivity index (χ1n) is 10.9. The lowest BCUT2D eigenvalue weighted by Gasteiger charge is -2.40. The number of anilines is 2. The first-order chi connectivity index (χ1) is 15.3. The van der Waals surface area contributed by atoms with Gasteiger partial charge in [0.15, 0.2) is 0 Å². The molecule has 1 unspecified atom stereocenters. The van der Waals surface area contributed by atoms with E-state index in [-0.39, 0.29) is 12.1 Å². The normalized spacial score (nSPS) is 21.4. The molecule has 2 saturated heterocycles. The molecule has 3 aliphatic rings. The van der Waals surface area contributed by atoms with Crippen molar-refractivity contribution in [1.82, 2.24) is 15.5 Å². The van der Waals surface area contributed by atoms with Crippen LogP contribution in [-0.2, 0) is 6.18 Å². The molecule has 1 atom stereocenters. The largest absolute Gasteiger partial charge is 0.416 e. The molecular weight excluding hydrogens is 437 g/mol. The van der Waals surface area contributed by atoms with Crippen LogP contribution in [0.2, 0.25) is 0 Å². The number of aliphatic hydroxyl groups excluding tert-OH is 1. The van der Waals surface area contributed by atoms with Gasteiger partial charge in [-0.1, -0.05) is 23.9 Å². The predicted octanol–water partition coefficient (Wildman–Crippen LogP) is 3.65. The van der Waals surface area contributed by atoms with E-state index >= 15 is 0 Å². The van der Waals surface area contributed by atoms with Gasteiger partial charge in [0.05, 0.1) is 29.6 Å². The Balaban J connectivity index is 1.33. The van der Waals surface area contributed by atoms with E-state index < -0.39 is 17.8 Å². The molecule has 0 aliphatic carbocycles. The molecule has 2 aromatic carbocycles. The molecule has 1 spiro atoms. The summed E-state index contributed by atoms with van der Waals surface area (Å²) in [5.41, 5.74) is 0.829. The van der Waals surface area contributed by atoms with E-state index in [0.29, 0.717) is 12.2 Å². The Morgan fingerprint density at radius 3 is 2.50 bits per heavy atom. The number of fused-ring (bicyclic) bond motifs is 2. The average Bonchev–Trinajstić information content (AvgIpc) is 3.22. The molecule has 9 heteroatoms. The number of halogens is 3. The Morgan fingerprint density at radius 2 is 1.78 bits per heavy atom. The summed E-state index contributed by atoms with van der Waals surface area (Å²) in [6.07, 6.45) is -3.05. The number of piperidine rings is 1. The van der Waals surface area contributed by atoms with Gasteiger partial charge in [-0.3, -0.25) is 5.32 Å². The van der Waals surface area contributed by atoms with E-state index in [0.717, 1.165) is 60.7 Å². The van der Waals surface area contributed by atoms with Crippen LogP contribution in [0.4, 0.5) is 24.5 Å². The molecule has 0 saturated carbocycles. The van der Waals surface area contributed by atoms with Gasteiger partial charge in [0, 0.05) is 48.2 Å². The predicted molar refractivity (Wildman–Crippen MR) is 119 cm³/mol. The van der Waals surface area contributed by atoms with Crippen LogP contribution in [0.1, 0.15) is 18.4 Å². The molecule has 3 heterocycles. The maximum absolute atomic E-state index is 13.4. The van der Waals surface area contributed by atoms with Crippen molar-refractivity contribution < 1.29 is 18.3 Å². The first kappa shape index (κ1) is 22.0. The van der Waals surface area contributed by atoms with Gasteiger partial charge in [-0.05, 0) is 43.2 Å².